The largest absolute Gasteiger partial charge is 0.353 e. The zero-order valence-electron chi connectivity index (χ0n) is 13.9. The monoisotopic (exact) mass is 287 g/mol. The standard InChI is InChI=1S/C19H29NO/c1-5-8-9-10-16-12-11-15(4)17(6-2)18(14-13-16)19(21)20-7-3/h5,8-10,12,15H,6-7,11,13-14H2,1-4H3,(H,20,21). The van der Waals surface area contributed by atoms with E-state index in [1.54, 1.807) is 0 Å². The molecule has 2 nitrogen and oxygen atoms in total. The predicted octanol–water partition coefficient (Wildman–Crippen LogP) is 4.71. The van der Waals surface area contributed by atoms with Crippen molar-refractivity contribution in [2.75, 3.05) is 6.54 Å². The van der Waals surface area contributed by atoms with Crippen molar-refractivity contribution in [2.24, 2.45) is 5.92 Å². The molecule has 2 heteroatoms. The Bertz CT molecular complexity index is 466. The fourth-order valence-electron chi connectivity index (χ4n) is 2.83. The van der Waals surface area contributed by atoms with Crippen LogP contribution in [0.5, 0.6) is 0 Å². The maximum atomic E-state index is 12.3. The second kappa shape index (κ2) is 9.38. The molecule has 0 saturated carbocycles. The third-order valence-corrected chi connectivity index (χ3v) is 3.99. The molecule has 1 unspecified atom stereocenters. The maximum absolute atomic E-state index is 12.3. The summed E-state index contributed by atoms with van der Waals surface area (Å²) in [6.45, 7) is 9.07. The van der Waals surface area contributed by atoms with Crippen LogP contribution in [0.4, 0.5) is 0 Å². The lowest BCUT2D eigenvalue weighted by Crippen LogP contribution is -2.26. The van der Waals surface area contributed by atoms with Gasteiger partial charge in [0.15, 0.2) is 0 Å². The Hall–Kier alpha value is -1.57. The molecule has 0 aromatic carbocycles. The third-order valence-electron chi connectivity index (χ3n) is 3.99. The van der Waals surface area contributed by atoms with Gasteiger partial charge in [-0.2, -0.15) is 0 Å². The van der Waals surface area contributed by atoms with Crippen LogP contribution in [0.25, 0.3) is 0 Å². The highest BCUT2D eigenvalue weighted by Gasteiger charge is 2.19. The SMILES string of the molecule is CC=CC=CC1=CCC(C)C(CC)=C(C(=O)NCC)CC1. The molecular weight excluding hydrogens is 258 g/mol. The Morgan fingerprint density at radius 1 is 1.33 bits per heavy atom. The molecule has 1 rings (SSSR count). The molecule has 1 N–H and O–H groups in total. The molecule has 1 aliphatic rings. The van der Waals surface area contributed by atoms with Crippen molar-refractivity contribution < 1.29 is 4.79 Å². The number of hydrogen-bond acceptors (Lipinski definition) is 1. The van der Waals surface area contributed by atoms with Crippen molar-refractivity contribution in [2.45, 2.75) is 53.4 Å². The smallest absolute Gasteiger partial charge is 0.247 e. The summed E-state index contributed by atoms with van der Waals surface area (Å²) >= 11 is 0. The molecule has 0 spiro atoms. The summed E-state index contributed by atoms with van der Waals surface area (Å²) in [4.78, 5) is 12.3. The first-order chi connectivity index (χ1) is 10.1. The van der Waals surface area contributed by atoms with E-state index in [0.29, 0.717) is 12.5 Å². The van der Waals surface area contributed by atoms with Gasteiger partial charge in [0.1, 0.15) is 0 Å². The highest BCUT2D eigenvalue weighted by molar-refractivity contribution is 5.94. The summed E-state index contributed by atoms with van der Waals surface area (Å²) in [5.41, 5.74) is 3.67. The van der Waals surface area contributed by atoms with Crippen LogP contribution in [0.3, 0.4) is 0 Å². The summed E-state index contributed by atoms with van der Waals surface area (Å²) in [5.74, 6) is 0.568. The maximum Gasteiger partial charge on any atom is 0.247 e. The van der Waals surface area contributed by atoms with Crippen LogP contribution in [-0.4, -0.2) is 12.5 Å². The van der Waals surface area contributed by atoms with Crippen LogP contribution in [0.2, 0.25) is 0 Å². The second-order valence-electron chi connectivity index (χ2n) is 5.52. The molecule has 0 bridgehead atoms. The Morgan fingerprint density at radius 3 is 2.71 bits per heavy atom. The molecule has 116 valence electrons. The van der Waals surface area contributed by atoms with Crippen molar-refractivity contribution in [1.29, 1.82) is 0 Å². The Morgan fingerprint density at radius 2 is 2.10 bits per heavy atom. The predicted molar refractivity (Wildman–Crippen MR) is 91.1 cm³/mol. The van der Waals surface area contributed by atoms with E-state index < -0.39 is 0 Å². The van der Waals surface area contributed by atoms with Gasteiger partial charge in [-0.25, -0.2) is 0 Å². The molecule has 0 heterocycles. The first-order valence-electron chi connectivity index (χ1n) is 8.12. The number of likely N-dealkylation sites (N-methyl/N-ethyl adjacent to an activating group) is 1. The first kappa shape index (κ1) is 17.5. The molecule has 1 amide bonds. The van der Waals surface area contributed by atoms with Gasteiger partial charge in [-0.15, -0.1) is 0 Å². The summed E-state index contributed by atoms with van der Waals surface area (Å²) in [5, 5.41) is 2.97. The topological polar surface area (TPSA) is 29.1 Å². The molecule has 0 saturated heterocycles. The quantitative estimate of drug-likeness (QED) is 0.729. The average Bonchev–Trinajstić information content (AvgIpc) is 2.46. The van der Waals surface area contributed by atoms with E-state index in [2.05, 4.69) is 37.4 Å². The van der Waals surface area contributed by atoms with Crippen LogP contribution in [0.15, 0.2) is 47.1 Å². The summed E-state index contributed by atoms with van der Waals surface area (Å²) in [7, 11) is 0. The van der Waals surface area contributed by atoms with E-state index in [0.717, 1.165) is 31.3 Å². The van der Waals surface area contributed by atoms with Gasteiger partial charge in [0, 0.05) is 12.1 Å². The number of carbonyl (C=O) groups is 1. The van der Waals surface area contributed by atoms with Gasteiger partial charge in [-0.3, -0.25) is 4.79 Å². The summed E-state index contributed by atoms with van der Waals surface area (Å²) in [6.07, 6.45) is 14.4. The van der Waals surface area contributed by atoms with Gasteiger partial charge in [0.05, 0.1) is 0 Å². The van der Waals surface area contributed by atoms with Gasteiger partial charge >= 0.3 is 0 Å². The Balaban J connectivity index is 2.96. The minimum atomic E-state index is 0.125. The van der Waals surface area contributed by atoms with E-state index in [1.807, 2.05) is 26.0 Å². The lowest BCUT2D eigenvalue weighted by atomic mass is 9.85. The zero-order valence-corrected chi connectivity index (χ0v) is 13.9. The van der Waals surface area contributed by atoms with E-state index in [4.69, 9.17) is 0 Å². The highest BCUT2D eigenvalue weighted by atomic mass is 16.1. The number of hydrogen-bond donors (Lipinski definition) is 1. The van der Waals surface area contributed by atoms with E-state index >= 15 is 0 Å². The normalized spacial score (nSPS) is 20.6. The minimum absolute atomic E-state index is 0.125. The van der Waals surface area contributed by atoms with Crippen molar-refractivity contribution in [3.8, 4) is 0 Å². The number of allylic oxidation sites excluding steroid dienone is 7. The van der Waals surface area contributed by atoms with Gasteiger partial charge in [-0.05, 0) is 45.4 Å². The summed E-state index contributed by atoms with van der Waals surface area (Å²) in [6, 6.07) is 0. The molecule has 1 aliphatic carbocycles. The first-order valence-corrected chi connectivity index (χ1v) is 8.12. The third kappa shape index (κ3) is 5.37. The van der Waals surface area contributed by atoms with E-state index in [9.17, 15) is 4.79 Å². The molecular formula is C19H29NO. The molecule has 0 aliphatic heterocycles. The van der Waals surface area contributed by atoms with Crippen LogP contribution in [0.1, 0.15) is 53.4 Å². The molecule has 0 radical (unpaired) electrons. The Kier molecular flexibility index (Phi) is 7.81. The van der Waals surface area contributed by atoms with Crippen LogP contribution in [0, 0.1) is 5.92 Å². The number of carbonyl (C=O) groups excluding carboxylic acids is 1. The van der Waals surface area contributed by atoms with Gasteiger partial charge in [0.25, 0.3) is 0 Å². The fourth-order valence-corrected chi connectivity index (χ4v) is 2.83. The number of nitrogens with one attached hydrogen (secondary N) is 1. The van der Waals surface area contributed by atoms with Crippen molar-refractivity contribution in [3.63, 3.8) is 0 Å². The van der Waals surface area contributed by atoms with E-state index in [-0.39, 0.29) is 5.91 Å². The number of amides is 1. The van der Waals surface area contributed by atoms with Gasteiger partial charge < -0.3 is 5.32 Å². The Labute approximate surface area is 129 Å². The molecule has 21 heavy (non-hydrogen) atoms. The van der Waals surface area contributed by atoms with E-state index in [1.165, 1.54) is 11.1 Å². The zero-order chi connectivity index (χ0) is 15.7. The lowest BCUT2D eigenvalue weighted by Gasteiger charge is -2.22. The molecule has 0 aromatic rings. The minimum Gasteiger partial charge on any atom is -0.353 e. The lowest BCUT2D eigenvalue weighted by molar-refractivity contribution is -0.117. The second-order valence-corrected chi connectivity index (χ2v) is 5.52. The van der Waals surface area contributed by atoms with Crippen LogP contribution in [-0.2, 0) is 4.79 Å². The van der Waals surface area contributed by atoms with Crippen molar-refractivity contribution in [3.05, 3.63) is 47.1 Å². The molecule has 1 atom stereocenters. The number of rotatable bonds is 5. The highest BCUT2D eigenvalue weighted by Crippen LogP contribution is 2.30. The van der Waals surface area contributed by atoms with Gasteiger partial charge in [0.2, 0.25) is 5.91 Å². The van der Waals surface area contributed by atoms with Gasteiger partial charge in [-0.1, -0.05) is 55.4 Å². The molecule has 0 aromatic heterocycles. The summed E-state index contributed by atoms with van der Waals surface area (Å²) < 4.78 is 0. The van der Waals surface area contributed by atoms with Crippen LogP contribution < -0.4 is 5.32 Å². The molecule has 0 fully saturated rings. The fraction of sp³-hybridized carbons (Fsp3) is 0.526. The average molecular weight is 287 g/mol. The van der Waals surface area contributed by atoms with Crippen molar-refractivity contribution in [1.82, 2.24) is 5.32 Å². The van der Waals surface area contributed by atoms with Crippen molar-refractivity contribution >= 4 is 5.91 Å². The van der Waals surface area contributed by atoms with Crippen LogP contribution >= 0.6 is 0 Å².